The van der Waals surface area contributed by atoms with Gasteiger partial charge in [0.15, 0.2) is 0 Å². The quantitative estimate of drug-likeness (QED) is 0.323. The van der Waals surface area contributed by atoms with E-state index in [1.54, 1.807) is 42.3 Å². The first kappa shape index (κ1) is 27.9. The van der Waals surface area contributed by atoms with Crippen molar-refractivity contribution in [3.63, 3.8) is 0 Å². The monoisotopic (exact) mass is 626 g/mol. The van der Waals surface area contributed by atoms with Gasteiger partial charge in [0.2, 0.25) is 5.95 Å². The number of aromatic nitrogens is 6. The summed E-state index contributed by atoms with van der Waals surface area (Å²) in [5.74, 6) is -0.0154. The van der Waals surface area contributed by atoms with Crippen LogP contribution in [0.4, 0.5) is 10.7 Å². The number of amides is 1. The number of carbonyl (C=O) groups excluding carboxylic acids is 2. The molecule has 0 radical (unpaired) electrons. The molecule has 0 aliphatic carbocycles. The van der Waals surface area contributed by atoms with Gasteiger partial charge < -0.3 is 20.4 Å². The number of nitrogens with two attached hydrogens (primary N) is 1. The van der Waals surface area contributed by atoms with Gasteiger partial charge in [-0.25, -0.2) is 14.3 Å². The zero-order chi connectivity index (χ0) is 26.5. The van der Waals surface area contributed by atoms with Crippen molar-refractivity contribution in [1.29, 1.82) is 0 Å². The number of aryl methyl sites for hydroxylation is 2. The van der Waals surface area contributed by atoms with Crippen molar-refractivity contribution in [3.05, 3.63) is 44.6 Å². The highest BCUT2D eigenvalue weighted by atomic mass is 79.9. The second kappa shape index (κ2) is 12.0. The third-order valence-corrected chi connectivity index (χ3v) is 7.40. The van der Waals surface area contributed by atoms with E-state index in [0.717, 1.165) is 52.6 Å². The molecular formula is C23H32Br2N8O3. The Balaban J connectivity index is 1.35. The van der Waals surface area contributed by atoms with E-state index >= 15 is 0 Å². The van der Waals surface area contributed by atoms with E-state index in [4.69, 9.17) is 10.5 Å². The minimum Gasteiger partial charge on any atom is -0.443 e. The molecule has 0 unspecified atom stereocenters. The van der Waals surface area contributed by atoms with Crippen molar-refractivity contribution in [2.75, 3.05) is 12.3 Å². The SMILES string of the molecule is Cn1c(C(=O)NCCn2cc(CCCCCc3cn(C(=O)OC(C)(C)C)c(N)n3)nn2)cc(Br)c1Br. The zero-order valence-corrected chi connectivity index (χ0v) is 24.1. The highest BCUT2D eigenvalue weighted by Crippen LogP contribution is 2.26. The molecule has 3 heterocycles. The number of nitrogens with one attached hydrogen (secondary N) is 1. The summed E-state index contributed by atoms with van der Waals surface area (Å²) in [6, 6.07) is 1.77. The Morgan fingerprint density at radius 2 is 1.81 bits per heavy atom. The van der Waals surface area contributed by atoms with Crippen LogP contribution in [0.3, 0.4) is 0 Å². The average Bonchev–Trinajstić information content (AvgIpc) is 3.47. The normalized spacial score (nSPS) is 11.6. The van der Waals surface area contributed by atoms with Crippen LogP contribution in [-0.4, -0.2) is 53.3 Å². The van der Waals surface area contributed by atoms with Gasteiger partial charge in [-0.2, -0.15) is 0 Å². The largest absolute Gasteiger partial charge is 0.443 e. The first-order valence-corrected chi connectivity index (χ1v) is 13.3. The van der Waals surface area contributed by atoms with Crippen molar-refractivity contribution < 1.29 is 14.3 Å². The molecule has 0 saturated carbocycles. The van der Waals surface area contributed by atoms with E-state index in [-0.39, 0.29) is 11.9 Å². The number of hydrogen-bond donors (Lipinski definition) is 2. The number of carbonyl (C=O) groups is 2. The number of anilines is 1. The summed E-state index contributed by atoms with van der Waals surface area (Å²) < 4.78 is 11.7. The van der Waals surface area contributed by atoms with E-state index in [1.165, 1.54) is 4.57 Å². The Hall–Kier alpha value is -2.67. The fourth-order valence-electron chi connectivity index (χ4n) is 3.51. The molecule has 0 saturated heterocycles. The topological polar surface area (TPSA) is 135 Å². The average molecular weight is 628 g/mol. The molecule has 3 aromatic heterocycles. The lowest BCUT2D eigenvalue weighted by molar-refractivity contribution is 0.0540. The van der Waals surface area contributed by atoms with Crippen LogP contribution in [0.15, 0.2) is 27.5 Å². The fraction of sp³-hybridized carbons (Fsp3) is 0.522. The van der Waals surface area contributed by atoms with Crippen LogP contribution in [0.1, 0.15) is 61.9 Å². The number of rotatable bonds is 10. The van der Waals surface area contributed by atoms with Crippen LogP contribution in [0.25, 0.3) is 0 Å². The standard InChI is InChI=1S/C23H32Br2N8O3/c1-23(2,3)36-22(35)33-14-15(28-21(33)26)8-6-5-7-9-16-13-32(30-29-16)11-10-27-20(34)18-12-17(24)19(25)31(18)4/h12-14H,5-11H2,1-4H3,(H2,26,28)(H,27,34). The van der Waals surface area contributed by atoms with Gasteiger partial charge in [0.25, 0.3) is 5.91 Å². The van der Waals surface area contributed by atoms with Crippen LogP contribution in [-0.2, 0) is 31.2 Å². The lowest BCUT2D eigenvalue weighted by Gasteiger charge is -2.19. The Morgan fingerprint density at radius 1 is 1.11 bits per heavy atom. The first-order valence-electron chi connectivity index (χ1n) is 11.7. The number of ether oxygens (including phenoxy) is 1. The first-order chi connectivity index (χ1) is 16.9. The Labute approximate surface area is 227 Å². The molecule has 1 amide bonds. The molecule has 0 bridgehead atoms. The summed E-state index contributed by atoms with van der Waals surface area (Å²) in [6.07, 6.45) is 7.40. The molecule has 0 aliphatic heterocycles. The summed E-state index contributed by atoms with van der Waals surface area (Å²) in [5, 5.41) is 11.3. The molecule has 3 aromatic rings. The minimum absolute atomic E-state index is 0.136. The van der Waals surface area contributed by atoms with Gasteiger partial charge in [-0.3, -0.25) is 9.48 Å². The highest BCUT2D eigenvalue weighted by Gasteiger charge is 2.20. The lowest BCUT2D eigenvalue weighted by Crippen LogP contribution is -2.28. The maximum Gasteiger partial charge on any atom is 0.421 e. The number of hydrogen-bond acceptors (Lipinski definition) is 7. The summed E-state index contributed by atoms with van der Waals surface area (Å²) in [6.45, 7) is 6.40. The summed E-state index contributed by atoms with van der Waals surface area (Å²) >= 11 is 6.83. The molecule has 0 atom stereocenters. The fourth-order valence-corrected chi connectivity index (χ4v) is 4.30. The van der Waals surface area contributed by atoms with E-state index in [1.807, 2.05) is 13.2 Å². The Morgan fingerprint density at radius 3 is 2.44 bits per heavy atom. The third-order valence-electron chi connectivity index (χ3n) is 5.30. The van der Waals surface area contributed by atoms with Gasteiger partial charge in [-0.1, -0.05) is 11.6 Å². The molecule has 0 aromatic carbocycles. The van der Waals surface area contributed by atoms with E-state index < -0.39 is 11.7 Å². The van der Waals surface area contributed by atoms with Crippen LogP contribution in [0, 0.1) is 0 Å². The molecule has 3 N–H and O–H groups in total. The van der Waals surface area contributed by atoms with Crippen molar-refractivity contribution >= 4 is 49.8 Å². The van der Waals surface area contributed by atoms with Gasteiger partial charge in [0.1, 0.15) is 11.3 Å². The van der Waals surface area contributed by atoms with Crippen LogP contribution >= 0.6 is 31.9 Å². The molecule has 0 spiro atoms. The summed E-state index contributed by atoms with van der Waals surface area (Å²) in [4.78, 5) is 28.9. The Bertz CT molecular complexity index is 1210. The molecule has 3 rings (SSSR count). The summed E-state index contributed by atoms with van der Waals surface area (Å²) in [7, 11) is 1.82. The number of nitrogens with zero attached hydrogens (tertiary/aromatic N) is 6. The highest BCUT2D eigenvalue weighted by molar-refractivity contribution is 9.13. The number of halogens is 2. The third kappa shape index (κ3) is 7.66. The van der Waals surface area contributed by atoms with Crippen molar-refractivity contribution in [2.45, 2.75) is 65.0 Å². The number of imidazole rings is 1. The summed E-state index contributed by atoms with van der Waals surface area (Å²) in [5.41, 5.74) is 7.51. The second-order valence-electron chi connectivity index (χ2n) is 9.46. The van der Waals surface area contributed by atoms with Crippen LogP contribution in [0.2, 0.25) is 0 Å². The second-order valence-corrected chi connectivity index (χ2v) is 11.1. The number of nitrogen functional groups attached to an aromatic ring is 1. The van der Waals surface area contributed by atoms with Gasteiger partial charge in [0, 0.05) is 26.0 Å². The molecule has 196 valence electrons. The van der Waals surface area contributed by atoms with Gasteiger partial charge >= 0.3 is 6.09 Å². The predicted molar refractivity (Wildman–Crippen MR) is 143 cm³/mol. The Kier molecular flexibility index (Phi) is 9.34. The van der Waals surface area contributed by atoms with Gasteiger partial charge in [0.05, 0.1) is 27.0 Å². The molecule has 11 nitrogen and oxygen atoms in total. The maximum atomic E-state index is 12.4. The molecule has 36 heavy (non-hydrogen) atoms. The molecular weight excluding hydrogens is 596 g/mol. The van der Waals surface area contributed by atoms with Crippen molar-refractivity contribution in [2.24, 2.45) is 7.05 Å². The van der Waals surface area contributed by atoms with Crippen LogP contribution in [0.5, 0.6) is 0 Å². The van der Waals surface area contributed by atoms with E-state index in [2.05, 4.69) is 52.5 Å². The van der Waals surface area contributed by atoms with Crippen molar-refractivity contribution in [1.82, 2.24) is 34.4 Å². The smallest absolute Gasteiger partial charge is 0.421 e. The van der Waals surface area contributed by atoms with Gasteiger partial charge in [-0.05, 0) is 84.4 Å². The predicted octanol–water partition coefficient (Wildman–Crippen LogP) is 4.09. The van der Waals surface area contributed by atoms with E-state index in [0.29, 0.717) is 18.8 Å². The maximum absolute atomic E-state index is 12.4. The number of unbranched alkanes of at least 4 members (excludes halogenated alkanes) is 2. The van der Waals surface area contributed by atoms with Gasteiger partial charge in [-0.15, -0.1) is 5.10 Å². The van der Waals surface area contributed by atoms with Crippen LogP contribution < -0.4 is 11.1 Å². The van der Waals surface area contributed by atoms with Crippen molar-refractivity contribution in [3.8, 4) is 0 Å². The molecule has 0 fully saturated rings. The van der Waals surface area contributed by atoms with E-state index in [9.17, 15) is 9.59 Å². The minimum atomic E-state index is -0.596. The molecule has 0 aliphatic rings. The lowest BCUT2D eigenvalue weighted by atomic mass is 10.1. The molecule has 13 heteroatoms. The zero-order valence-electron chi connectivity index (χ0n) is 20.9.